The first kappa shape index (κ1) is 20.9. The number of nitrogens with zero attached hydrogens (tertiary/aromatic N) is 2. The van der Waals surface area contributed by atoms with Crippen LogP contribution in [0.5, 0.6) is 0 Å². The number of aromatic nitrogens is 1. The minimum Gasteiger partial charge on any atom is -0.445 e. The number of aromatic amines is 1. The number of aldehydes is 1. The van der Waals surface area contributed by atoms with Crippen LogP contribution < -0.4 is 10.7 Å². The Morgan fingerprint density at radius 1 is 1.21 bits per heavy atom. The van der Waals surface area contributed by atoms with E-state index in [4.69, 9.17) is 4.74 Å². The van der Waals surface area contributed by atoms with Gasteiger partial charge in [-0.25, -0.2) is 10.2 Å². The van der Waals surface area contributed by atoms with Gasteiger partial charge in [0.25, 0.3) is 5.91 Å². The fraction of sp³-hybridized carbons (Fsp3) is 0.250. The van der Waals surface area contributed by atoms with Gasteiger partial charge < -0.3 is 19.8 Å². The second kappa shape index (κ2) is 8.18. The van der Waals surface area contributed by atoms with Crippen molar-refractivity contribution in [1.29, 1.82) is 0 Å². The van der Waals surface area contributed by atoms with Gasteiger partial charge in [-0.2, -0.15) is 5.10 Å². The predicted octanol–water partition coefficient (Wildman–Crippen LogP) is 2.31. The molecule has 0 saturated carbocycles. The largest absolute Gasteiger partial charge is 0.445 e. The first-order valence-corrected chi connectivity index (χ1v) is 10.6. The number of hydrazone groups is 1. The lowest BCUT2D eigenvalue weighted by Gasteiger charge is -2.34. The number of hydrogen-bond donors (Lipinski definition) is 3. The molecule has 9 nitrogen and oxygen atoms in total. The van der Waals surface area contributed by atoms with E-state index in [2.05, 4.69) is 20.8 Å². The van der Waals surface area contributed by atoms with Crippen LogP contribution in [0.25, 0.3) is 10.9 Å². The number of carbonyl (C=O) groups is 3. The van der Waals surface area contributed by atoms with Gasteiger partial charge in [0.05, 0.1) is 11.3 Å². The molecule has 1 atom stereocenters. The third-order valence-electron chi connectivity index (χ3n) is 5.90. The van der Waals surface area contributed by atoms with Crippen molar-refractivity contribution in [3.05, 3.63) is 70.9 Å². The molecular formula is C24H23N5O4. The molecule has 5 rings (SSSR count). The zero-order valence-electron chi connectivity index (χ0n) is 18.1. The number of nitrogens with one attached hydrogen (secondary N) is 3. The summed E-state index contributed by atoms with van der Waals surface area (Å²) in [4.78, 5) is 42.2. The Morgan fingerprint density at radius 3 is 2.82 bits per heavy atom. The Hall–Kier alpha value is -3.98. The molecule has 3 aromatic rings. The molecule has 168 valence electrons. The highest BCUT2D eigenvalue weighted by molar-refractivity contribution is 6.21. The van der Waals surface area contributed by atoms with Crippen LogP contribution in [0, 0.1) is 0 Å². The number of rotatable bonds is 6. The number of benzene rings is 2. The molecule has 1 unspecified atom stereocenters. The van der Waals surface area contributed by atoms with E-state index in [-0.39, 0.29) is 19.1 Å². The quantitative estimate of drug-likeness (QED) is 0.504. The first-order valence-electron chi connectivity index (χ1n) is 10.6. The highest BCUT2D eigenvalue weighted by Crippen LogP contribution is 2.32. The maximum Gasteiger partial charge on any atom is 0.408 e. The zero-order chi connectivity index (χ0) is 23.0. The Labute approximate surface area is 189 Å². The number of ether oxygens (including phenoxy) is 1. The van der Waals surface area contributed by atoms with Gasteiger partial charge in [0.1, 0.15) is 18.4 Å². The molecular weight excluding hydrogens is 422 g/mol. The van der Waals surface area contributed by atoms with Gasteiger partial charge in [-0.1, -0.05) is 36.4 Å². The van der Waals surface area contributed by atoms with E-state index in [1.54, 1.807) is 13.0 Å². The van der Waals surface area contributed by atoms with Crippen molar-refractivity contribution in [1.82, 2.24) is 20.6 Å². The summed E-state index contributed by atoms with van der Waals surface area (Å²) >= 11 is 0. The fourth-order valence-electron chi connectivity index (χ4n) is 4.44. The molecule has 0 spiro atoms. The van der Waals surface area contributed by atoms with Gasteiger partial charge in [0.15, 0.2) is 0 Å². The summed E-state index contributed by atoms with van der Waals surface area (Å²) in [5.41, 5.74) is 6.30. The van der Waals surface area contributed by atoms with Crippen LogP contribution in [0.4, 0.5) is 4.79 Å². The van der Waals surface area contributed by atoms with E-state index >= 15 is 0 Å². The highest BCUT2D eigenvalue weighted by atomic mass is 16.5. The van der Waals surface area contributed by atoms with Crippen LogP contribution in [-0.2, 0) is 22.7 Å². The Balaban J connectivity index is 1.32. The molecule has 1 aromatic heterocycles. The third-order valence-corrected chi connectivity index (χ3v) is 5.90. The fourth-order valence-corrected chi connectivity index (χ4v) is 4.44. The summed E-state index contributed by atoms with van der Waals surface area (Å²) in [5, 5.41) is 7.88. The van der Waals surface area contributed by atoms with Gasteiger partial charge in [0, 0.05) is 41.8 Å². The van der Waals surface area contributed by atoms with Gasteiger partial charge in [-0.3, -0.25) is 9.69 Å². The van der Waals surface area contributed by atoms with Crippen LogP contribution >= 0.6 is 0 Å². The maximum atomic E-state index is 12.5. The second-order valence-electron chi connectivity index (χ2n) is 8.57. The number of H-pyrrole nitrogens is 1. The van der Waals surface area contributed by atoms with Crippen molar-refractivity contribution in [3.8, 4) is 0 Å². The zero-order valence-corrected chi connectivity index (χ0v) is 18.1. The lowest BCUT2D eigenvalue weighted by molar-refractivity contribution is -0.113. The van der Waals surface area contributed by atoms with Crippen molar-refractivity contribution in [2.45, 2.75) is 25.6 Å². The molecule has 0 radical (unpaired) electrons. The Bertz CT molecular complexity index is 1280. The number of carbonyl (C=O) groups excluding carboxylic acids is 3. The van der Waals surface area contributed by atoms with Gasteiger partial charge >= 0.3 is 6.09 Å². The summed E-state index contributed by atoms with van der Waals surface area (Å²) in [7, 11) is 0. The lowest BCUT2D eigenvalue weighted by atomic mass is 9.96. The summed E-state index contributed by atoms with van der Waals surface area (Å²) < 4.78 is 5.28. The smallest absolute Gasteiger partial charge is 0.408 e. The number of amides is 2. The average molecular weight is 445 g/mol. The van der Waals surface area contributed by atoms with Crippen molar-refractivity contribution in [2.75, 3.05) is 13.1 Å². The molecule has 0 bridgehead atoms. The highest BCUT2D eigenvalue weighted by Gasteiger charge is 2.35. The summed E-state index contributed by atoms with van der Waals surface area (Å²) in [5.74, 6) is -0.253. The molecule has 2 aliphatic heterocycles. The Kier molecular flexibility index (Phi) is 5.18. The van der Waals surface area contributed by atoms with Gasteiger partial charge in [-0.15, -0.1) is 0 Å². The monoisotopic (exact) mass is 445 g/mol. The van der Waals surface area contributed by atoms with E-state index in [0.717, 1.165) is 27.7 Å². The van der Waals surface area contributed by atoms with E-state index in [1.807, 2.05) is 47.4 Å². The standard InChI is InChI=1S/C24H23N5O4/c1-24(14-30,26-23(32)33-12-15-6-3-2-4-7-15)13-29-10-18-21-19(11-29)27-28-22(31)16-8-5-9-17(25-18)20(16)21/h2-9,14,25H,10-13H2,1H3,(H,26,32)(H,28,31). The van der Waals surface area contributed by atoms with Crippen LogP contribution in [0.1, 0.15) is 34.1 Å². The molecule has 2 aromatic carbocycles. The van der Waals surface area contributed by atoms with E-state index in [9.17, 15) is 14.4 Å². The molecule has 0 aliphatic carbocycles. The van der Waals surface area contributed by atoms with Crippen molar-refractivity contribution in [3.63, 3.8) is 0 Å². The molecule has 2 amide bonds. The minimum atomic E-state index is -1.17. The van der Waals surface area contributed by atoms with Gasteiger partial charge in [-0.05, 0) is 24.6 Å². The Morgan fingerprint density at radius 2 is 2.03 bits per heavy atom. The van der Waals surface area contributed by atoms with Crippen LogP contribution in [0.15, 0.2) is 53.6 Å². The van der Waals surface area contributed by atoms with Crippen LogP contribution in [0.3, 0.4) is 0 Å². The second-order valence-corrected chi connectivity index (χ2v) is 8.57. The molecule has 0 saturated heterocycles. The predicted molar refractivity (Wildman–Crippen MR) is 122 cm³/mol. The van der Waals surface area contributed by atoms with E-state index in [0.29, 0.717) is 30.7 Å². The minimum absolute atomic E-state index is 0.114. The van der Waals surface area contributed by atoms with Crippen molar-refractivity contribution in [2.24, 2.45) is 5.10 Å². The molecule has 3 N–H and O–H groups in total. The molecule has 33 heavy (non-hydrogen) atoms. The number of hydrogen-bond acceptors (Lipinski definition) is 6. The third kappa shape index (κ3) is 3.98. The average Bonchev–Trinajstić information content (AvgIpc) is 3.13. The lowest BCUT2D eigenvalue weighted by Crippen LogP contribution is -2.56. The van der Waals surface area contributed by atoms with Gasteiger partial charge in [0.2, 0.25) is 0 Å². The van der Waals surface area contributed by atoms with Crippen LogP contribution in [0.2, 0.25) is 0 Å². The topological polar surface area (TPSA) is 116 Å². The van der Waals surface area contributed by atoms with Crippen molar-refractivity contribution >= 4 is 34.9 Å². The SMILES string of the molecule is CC(C=O)(CN1CC2=NNC(=O)c3cccc4[nH]c(c2c34)C1)NC(=O)OCc1ccccc1. The van der Waals surface area contributed by atoms with Crippen molar-refractivity contribution < 1.29 is 19.1 Å². The molecule has 9 heteroatoms. The van der Waals surface area contributed by atoms with Crippen LogP contribution in [-0.4, -0.2) is 52.5 Å². The first-order chi connectivity index (χ1) is 16.0. The maximum absolute atomic E-state index is 12.5. The summed E-state index contributed by atoms with van der Waals surface area (Å²) in [6.45, 7) is 2.94. The normalized spacial score (nSPS) is 16.9. The number of alkyl carbamates (subject to hydrolysis) is 1. The van der Waals surface area contributed by atoms with E-state index in [1.165, 1.54) is 0 Å². The summed E-state index contributed by atoms with van der Waals surface area (Å²) in [6.07, 6.45) is 0.0483. The molecule has 0 fully saturated rings. The summed E-state index contributed by atoms with van der Waals surface area (Å²) in [6, 6.07) is 14.9. The molecule has 3 heterocycles. The van der Waals surface area contributed by atoms with E-state index < -0.39 is 11.6 Å². The molecule has 2 aliphatic rings.